The zero-order valence-electron chi connectivity index (χ0n) is 18.0. The molecule has 0 amide bonds. The second-order valence-electron chi connectivity index (χ2n) is 7.60. The highest BCUT2D eigenvalue weighted by atomic mass is 127. The molecular weight excluding hydrogens is 499 g/mol. The molecule has 0 unspecified atom stereocenters. The summed E-state index contributed by atoms with van der Waals surface area (Å²) in [6.45, 7) is 10.4. The quantitative estimate of drug-likeness (QED) is 0.289. The van der Waals surface area contributed by atoms with Crippen LogP contribution in [0.5, 0.6) is 0 Å². The van der Waals surface area contributed by atoms with Crippen molar-refractivity contribution in [2.24, 2.45) is 10.9 Å². The van der Waals surface area contributed by atoms with Gasteiger partial charge in [-0.05, 0) is 75.9 Å². The summed E-state index contributed by atoms with van der Waals surface area (Å²) in [4.78, 5) is 7.70. The van der Waals surface area contributed by atoms with Crippen LogP contribution in [0.3, 0.4) is 0 Å². The summed E-state index contributed by atoms with van der Waals surface area (Å²) in [5, 5.41) is 6.71. The number of piperidine rings is 1. The van der Waals surface area contributed by atoms with Crippen molar-refractivity contribution in [3.05, 3.63) is 29.8 Å². The van der Waals surface area contributed by atoms with Crippen LogP contribution in [0.15, 0.2) is 34.2 Å². The van der Waals surface area contributed by atoms with Crippen molar-refractivity contribution in [3.63, 3.8) is 0 Å². The molecule has 1 saturated heterocycles. The molecule has 1 aliphatic rings. The summed E-state index contributed by atoms with van der Waals surface area (Å²) in [6.07, 6.45) is 5.75. The lowest BCUT2D eigenvalue weighted by Crippen LogP contribution is -2.39. The predicted octanol–water partition coefficient (Wildman–Crippen LogP) is 2.93. The topological polar surface area (TPSA) is 73.8 Å². The number of likely N-dealkylation sites (tertiary alicyclic amines) is 1. The summed E-state index contributed by atoms with van der Waals surface area (Å²) in [5.41, 5.74) is 1.11. The fraction of sp³-hybridized carbons (Fsp3) is 0.667. The molecule has 166 valence electrons. The number of benzene rings is 1. The van der Waals surface area contributed by atoms with Gasteiger partial charge in [-0.2, -0.15) is 0 Å². The Bertz CT molecular complexity index is 715. The molecule has 8 heteroatoms. The Balaban J connectivity index is 0.00000420. The van der Waals surface area contributed by atoms with Gasteiger partial charge >= 0.3 is 0 Å². The highest BCUT2D eigenvalue weighted by Crippen LogP contribution is 2.17. The van der Waals surface area contributed by atoms with Gasteiger partial charge in [0, 0.05) is 25.9 Å². The van der Waals surface area contributed by atoms with Crippen LogP contribution in [-0.4, -0.2) is 64.8 Å². The van der Waals surface area contributed by atoms with Crippen molar-refractivity contribution in [2.45, 2.75) is 44.4 Å². The van der Waals surface area contributed by atoms with Gasteiger partial charge in [0.1, 0.15) is 0 Å². The summed E-state index contributed by atoms with van der Waals surface area (Å²) in [7, 11) is -3.13. The Kier molecular flexibility index (Phi) is 12.1. The van der Waals surface area contributed by atoms with Crippen molar-refractivity contribution in [1.29, 1.82) is 0 Å². The molecule has 1 heterocycles. The Hall–Kier alpha value is -0.870. The molecule has 0 spiro atoms. The summed E-state index contributed by atoms with van der Waals surface area (Å²) >= 11 is 0. The van der Waals surface area contributed by atoms with Gasteiger partial charge in [0.05, 0.1) is 4.90 Å². The minimum absolute atomic E-state index is 0. The molecule has 2 rings (SSSR count). The largest absolute Gasteiger partial charge is 0.357 e. The number of hydrogen-bond donors (Lipinski definition) is 2. The first-order valence-electron chi connectivity index (χ1n) is 10.5. The van der Waals surface area contributed by atoms with Crippen molar-refractivity contribution in [3.8, 4) is 0 Å². The van der Waals surface area contributed by atoms with E-state index in [2.05, 4.69) is 29.4 Å². The first-order chi connectivity index (χ1) is 13.4. The van der Waals surface area contributed by atoms with E-state index in [-0.39, 0.29) is 24.0 Å². The van der Waals surface area contributed by atoms with E-state index in [1.165, 1.54) is 45.2 Å². The Morgan fingerprint density at radius 2 is 1.79 bits per heavy atom. The number of rotatable bonds is 9. The summed E-state index contributed by atoms with van der Waals surface area (Å²) < 4.78 is 23.1. The predicted molar refractivity (Wildman–Crippen MR) is 132 cm³/mol. The smallest absolute Gasteiger partial charge is 0.191 e. The first-order valence-corrected chi connectivity index (χ1v) is 12.3. The molecule has 0 radical (unpaired) electrons. The van der Waals surface area contributed by atoms with Gasteiger partial charge in [0.2, 0.25) is 0 Å². The van der Waals surface area contributed by atoms with Crippen LogP contribution in [0.25, 0.3) is 0 Å². The average Bonchev–Trinajstić information content (AvgIpc) is 2.67. The van der Waals surface area contributed by atoms with Gasteiger partial charge in [-0.3, -0.25) is 4.99 Å². The third kappa shape index (κ3) is 9.65. The van der Waals surface area contributed by atoms with E-state index in [4.69, 9.17) is 4.99 Å². The zero-order chi connectivity index (χ0) is 20.4. The third-order valence-corrected chi connectivity index (χ3v) is 6.28. The van der Waals surface area contributed by atoms with Crippen molar-refractivity contribution in [2.75, 3.05) is 45.5 Å². The number of hydrogen-bond acceptors (Lipinski definition) is 4. The molecule has 2 N–H and O–H groups in total. The van der Waals surface area contributed by atoms with Crippen LogP contribution >= 0.6 is 24.0 Å². The number of guanidine groups is 1. The second-order valence-corrected chi connectivity index (χ2v) is 9.61. The molecule has 6 nitrogen and oxygen atoms in total. The fourth-order valence-corrected chi connectivity index (χ4v) is 4.13. The lowest BCUT2D eigenvalue weighted by atomic mass is 9.97. The van der Waals surface area contributed by atoms with Crippen LogP contribution < -0.4 is 10.6 Å². The van der Waals surface area contributed by atoms with Gasteiger partial charge in [0.15, 0.2) is 15.8 Å². The Morgan fingerprint density at radius 3 is 2.34 bits per heavy atom. The molecule has 1 aromatic rings. The Morgan fingerprint density at radius 1 is 1.14 bits per heavy atom. The minimum atomic E-state index is -3.13. The number of nitrogens with one attached hydrogen (secondary N) is 2. The number of nitrogens with zero attached hydrogens (tertiary/aromatic N) is 2. The van der Waals surface area contributed by atoms with Gasteiger partial charge in [-0.15, -0.1) is 24.0 Å². The van der Waals surface area contributed by atoms with Gasteiger partial charge in [-0.25, -0.2) is 8.42 Å². The first kappa shape index (κ1) is 26.2. The van der Waals surface area contributed by atoms with E-state index in [1.807, 2.05) is 12.1 Å². The van der Waals surface area contributed by atoms with E-state index in [0.29, 0.717) is 10.8 Å². The summed E-state index contributed by atoms with van der Waals surface area (Å²) in [5.74, 6) is 1.54. The minimum Gasteiger partial charge on any atom is -0.357 e. The molecule has 29 heavy (non-hydrogen) atoms. The van der Waals surface area contributed by atoms with E-state index in [0.717, 1.165) is 37.6 Å². The van der Waals surface area contributed by atoms with Crippen LogP contribution in [-0.2, 0) is 16.3 Å². The van der Waals surface area contributed by atoms with Gasteiger partial charge < -0.3 is 15.5 Å². The zero-order valence-corrected chi connectivity index (χ0v) is 21.1. The molecule has 0 aromatic heterocycles. The molecule has 0 bridgehead atoms. The number of aliphatic imine (C=N–C) groups is 1. The molecule has 1 fully saturated rings. The summed E-state index contributed by atoms with van der Waals surface area (Å²) in [6, 6.07) is 7.11. The lowest BCUT2D eigenvalue weighted by molar-refractivity contribution is 0.188. The van der Waals surface area contributed by atoms with Crippen LogP contribution in [0.2, 0.25) is 0 Å². The molecular formula is C21H37IN4O2S. The number of sulfone groups is 1. The van der Waals surface area contributed by atoms with E-state index in [1.54, 1.807) is 12.1 Å². The lowest BCUT2D eigenvalue weighted by Gasteiger charge is -2.31. The average molecular weight is 537 g/mol. The maximum atomic E-state index is 11.5. The SMILES string of the molecule is CCCN1CCC(CN=C(NCC)NCCc2ccc(S(C)(=O)=O)cc2)CC1.I. The van der Waals surface area contributed by atoms with Crippen molar-refractivity contribution in [1.82, 2.24) is 15.5 Å². The maximum Gasteiger partial charge on any atom is 0.191 e. The second kappa shape index (κ2) is 13.4. The van der Waals surface area contributed by atoms with E-state index >= 15 is 0 Å². The molecule has 0 saturated carbocycles. The van der Waals surface area contributed by atoms with Crippen LogP contribution in [0, 0.1) is 5.92 Å². The standard InChI is InChI=1S/C21H36N4O2S.HI/c1-4-14-25-15-11-19(12-16-25)17-24-21(22-5-2)23-13-10-18-6-8-20(9-7-18)28(3,26)27;/h6-9,19H,4-5,10-17H2,1-3H3,(H2,22,23,24);1H. The molecule has 0 aliphatic carbocycles. The molecule has 1 aliphatic heterocycles. The van der Waals surface area contributed by atoms with Crippen molar-refractivity contribution < 1.29 is 8.42 Å². The number of halogens is 1. The van der Waals surface area contributed by atoms with Crippen LogP contribution in [0.4, 0.5) is 0 Å². The van der Waals surface area contributed by atoms with Crippen LogP contribution in [0.1, 0.15) is 38.7 Å². The Labute approximate surface area is 193 Å². The third-order valence-electron chi connectivity index (χ3n) is 5.16. The normalized spacial score (nSPS) is 16.3. The molecule has 1 aromatic carbocycles. The van der Waals surface area contributed by atoms with E-state index in [9.17, 15) is 8.42 Å². The van der Waals surface area contributed by atoms with E-state index < -0.39 is 9.84 Å². The van der Waals surface area contributed by atoms with Crippen molar-refractivity contribution >= 4 is 39.8 Å². The fourth-order valence-electron chi connectivity index (χ4n) is 3.50. The van der Waals surface area contributed by atoms with Gasteiger partial charge in [0.25, 0.3) is 0 Å². The molecule has 0 atom stereocenters. The van der Waals surface area contributed by atoms with Gasteiger partial charge in [-0.1, -0.05) is 19.1 Å². The maximum absolute atomic E-state index is 11.5. The monoisotopic (exact) mass is 536 g/mol. The highest BCUT2D eigenvalue weighted by Gasteiger charge is 2.18. The highest BCUT2D eigenvalue weighted by molar-refractivity contribution is 14.0.